The molecule has 0 bridgehead atoms. The van der Waals surface area contributed by atoms with Crippen molar-refractivity contribution in [1.29, 1.82) is 0 Å². The van der Waals surface area contributed by atoms with Crippen molar-refractivity contribution >= 4 is 33.9 Å². The second-order valence-corrected chi connectivity index (χ2v) is 6.88. The Balaban J connectivity index is 1.59. The van der Waals surface area contributed by atoms with Gasteiger partial charge in [0.1, 0.15) is 10.8 Å². The molecule has 0 atom stereocenters. The molecule has 30 heavy (non-hydrogen) atoms. The Morgan fingerprint density at radius 3 is 2.57 bits per heavy atom. The van der Waals surface area contributed by atoms with Crippen molar-refractivity contribution in [3.05, 3.63) is 64.0 Å². The molecule has 9 nitrogen and oxygen atoms in total. The summed E-state index contributed by atoms with van der Waals surface area (Å²) >= 11 is 0.953. The van der Waals surface area contributed by atoms with E-state index in [-0.39, 0.29) is 22.0 Å². The van der Waals surface area contributed by atoms with Gasteiger partial charge in [-0.25, -0.2) is 0 Å². The first kappa shape index (κ1) is 19.4. The first-order chi connectivity index (χ1) is 14.2. The maximum atomic E-state index is 12.9. The van der Waals surface area contributed by atoms with E-state index in [1.54, 1.807) is 24.3 Å². The second-order valence-electron chi connectivity index (χ2n) is 5.93. The minimum absolute atomic E-state index is 0.0144. The summed E-state index contributed by atoms with van der Waals surface area (Å²) in [6.45, 7) is 0. The van der Waals surface area contributed by atoms with Crippen LogP contribution in [0, 0.1) is 10.1 Å². The van der Waals surface area contributed by atoms with E-state index in [0.717, 1.165) is 11.3 Å². The highest BCUT2D eigenvalue weighted by Crippen LogP contribution is 2.32. The van der Waals surface area contributed by atoms with Crippen LogP contribution < -0.4 is 0 Å². The molecule has 13 heteroatoms. The van der Waals surface area contributed by atoms with E-state index >= 15 is 0 Å². The molecular weight excluding hydrogens is 425 g/mol. The van der Waals surface area contributed by atoms with Crippen molar-refractivity contribution in [1.82, 2.24) is 19.8 Å². The van der Waals surface area contributed by atoms with Crippen LogP contribution in [0.3, 0.4) is 0 Å². The lowest BCUT2D eigenvalue weighted by atomic mass is 10.2. The van der Waals surface area contributed by atoms with Crippen LogP contribution >= 0.6 is 11.3 Å². The molecule has 0 unspecified atom stereocenters. The summed E-state index contributed by atoms with van der Waals surface area (Å²) in [5.41, 5.74) is 0.993. The third kappa shape index (κ3) is 3.69. The maximum Gasteiger partial charge on any atom is 0.453 e. The molecule has 2 heterocycles. The number of nitro benzene ring substituents is 1. The zero-order chi connectivity index (χ0) is 21.5. The lowest BCUT2D eigenvalue weighted by Crippen LogP contribution is -2.11. The average Bonchev–Trinajstić information content (AvgIpc) is 3.27. The lowest BCUT2D eigenvalue weighted by Gasteiger charge is -2.01. The number of phenolic OH excluding ortho intramolecular Hbond substituents is 1. The van der Waals surface area contributed by atoms with E-state index in [4.69, 9.17) is 0 Å². The number of fused-ring (bicyclic) bond motifs is 1. The Bertz CT molecular complexity index is 1280. The predicted octanol–water partition coefficient (Wildman–Crippen LogP) is 4.24. The molecule has 0 aliphatic rings. The predicted molar refractivity (Wildman–Crippen MR) is 101 cm³/mol. The fraction of sp³-hybridized carbons (Fsp3) is 0.0588. The Morgan fingerprint density at radius 1 is 1.17 bits per heavy atom. The van der Waals surface area contributed by atoms with Crippen molar-refractivity contribution in [2.45, 2.75) is 6.18 Å². The van der Waals surface area contributed by atoms with Gasteiger partial charge in [0, 0.05) is 29.5 Å². The number of alkyl halides is 3. The molecule has 4 rings (SSSR count). The SMILES string of the molecule is O=[N+]([O-])c1ccc(O)c(C=Nc2ccc(-c3nn4c(C(F)(F)F)nnc4s3)cc2)c1. The molecule has 2 aromatic carbocycles. The van der Waals surface area contributed by atoms with Crippen LogP contribution in [0.25, 0.3) is 15.5 Å². The third-order valence-electron chi connectivity index (χ3n) is 3.93. The van der Waals surface area contributed by atoms with Gasteiger partial charge >= 0.3 is 6.18 Å². The highest BCUT2D eigenvalue weighted by atomic mass is 32.1. The molecule has 0 amide bonds. The van der Waals surface area contributed by atoms with Crippen molar-refractivity contribution < 1.29 is 23.2 Å². The summed E-state index contributed by atoms with van der Waals surface area (Å²) < 4.78 is 39.4. The van der Waals surface area contributed by atoms with E-state index in [0.29, 0.717) is 20.8 Å². The summed E-state index contributed by atoms with van der Waals surface area (Å²) in [7, 11) is 0. The largest absolute Gasteiger partial charge is 0.507 e. The minimum Gasteiger partial charge on any atom is -0.507 e. The number of non-ortho nitro benzene ring substituents is 1. The molecule has 0 aliphatic carbocycles. The van der Waals surface area contributed by atoms with Gasteiger partial charge in [0.15, 0.2) is 0 Å². The Kier molecular flexibility index (Phi) is 4.66. The highest BCUT2D eigenvalue weighted by Gasteiger charge is 2.38. The number of hydrogen-bond acceptors (Lipinski definition) is 8. The monoisotopic (exact) mass is 434 g/mol. The highest BCUT2D eigenvalue weighted by molar-refractivity contribution is 7.19. The maximum absolute atomic E-state index is 12.9. The number of nitrogens with zero attached hydrogens (tertiary/aromatic N) is 6. The number of phenols is 1. The van der Waals surface area contributed by atoms with Gasteiger partial charge in [-0.05, 0) is 30.3 Å². The van der Waals surface area contributed by atoms with Gasteiger partial charge in [-0.2, -0.15) is 22.8 Å². The first-order valence-corrected chi connectivity index (χ1v) is 8.95. The molecule has 1 N–H and O–H groups in total. The standard InChI is InChI=1S/C17H9F3N6O3S/c18-17(19,20)15-22-23-16-25(15)24-14(30-16)9-1-3-11(4-2-9)21-8-10-7-12(26(28)29)5-6-13(10)27/h1-8,27H. The third-order valence-corrected chi connectivity index (χ3v) is 4.88. The number of aromatic hydroxyl groups is 1. The van der Waals surface area contributed by atoms with Crippen LogP contribution in [-0.4, -0.2) is 36.1 Å². The zero-order valence-corrected chi connectivity index (χ0v) is 15.4. The normalized spacial score (nSPS) is 12.1. The topological polar surface area (TPSA) is 119 Å². The molecule has 4 aromatic rings. The number of aromatic nitrogens is 4. The first-order valence-electron chi connectivity index (χ1n) is 8.14. The van der Waals surface area contributed by atoms with Crippen LogP contribution in [0.15, 0.2) is 47.5 Å². The van der Waals surface area contributed by atoms with Crippen LogP contribution in [0.1, 0.15) is 11.4 Å². The molecule has 0 saturated heterocycles. The smallest absolute Gasteiger partial charge is 0.453 e. The van der Waals surface area contributed by atoms with Crippen LogP contribution in [0.5, 0.6) is 5.75 Å². The van der Waals surface area contributed by atoms with Crippen LogP contribution in [-0.2, 0) is 6.18 Å². The van der Waals surface area contributed by atoms with Gasteiger partial charge in [0.2, 0.25) is 4.96 Å². The Morgan fingerprint density at radius 2 is 1.90 bits per heavy atom. The fourth-order valence-corrected chi connectivity index (χ4v) is 3.35. The van der Waals surface area contributed by atoms with Crippen LogP contribution in [0.2, 0.25) is 0 Å². The molecule has 0 radical (unpaired) electrons. The number of rotatable bonds is 4. The van der Waals surface area contributed by atoms with E-state index < -0.39 is 16.9 Å². The quantitative estimate of drug-likeness (QED) is 0.292. The van der Waals surface area contributed by atoms with Gasteiger partial charge in [-0.15, -0.1) is 10.2 Å². The van der Waals surface area contributed by atoms with Gasteiger partial charge in [-0.3, -0.25) is 15.1 Å². The summed E-state index contributed by atoms with van der Waals surface area (Å²) in [5.74, 6) is -1.36. The van der Waals surface area contributed by atoms with Gasteiger partial charge in [0.05, 0.1) is 10.6 Å². The summed E-state index contributed by atoms with van der Waals surface area (Å²) in [5, 5.41) is 31.5. The molecule has 0 aliphatic heterocycles. The summed E-state index contributed by atoms with van der Waals surface area (Å²) in [4.78, 5) is 14.4. The van der Waals surface area contributed by atoms with E-state index in [2.05, 4.69) is 20.3 Å². The molecular formula is C17H9F3N6O3S. The molecule has 0 fully saturated rings. The second kappa shape index (κ2) is 7.18. The van der Waals surface area contributed by atoms with E-state index in [9.17, 15) is 28.4 Å². The van der Waals surface area contributed by atoms with Crippen molar-refractivity contribution in [3.8, 4) is 16.3 Å². The molecule has 152 valence electrons. The summed E-state index contributed by atoms with van der Waals surface area (Å²) in [6, 6.07) is 9.96. The van der Waals surface area contributed by atoms with Gasteiger partial charge < -0.3 is 5.11 Å². The van der Waals surface area contributed by atoms with E-state index in [1.807, 2.05) is 0 Å². The average molecular weight is 434 g/mol. The number of halogens is 3. The summed E-state index contributed by atoms with van der Waals surface area (Å²) in [6.07, 6.45) is -3.39. The van der Waals surface area contributed by atoms with E-state index in [1.165, 1.54) is 24.4 Å². The zero-order valence-electron chi connectivity index (χ0n) is 14.6. The minimum atomic E-state index is -4.67. The Labute approximate surface area is 168 Å². The number of nitro groups is 1. The molecule has 2 aromatic heterocycles. The van der Waals surface area contributed by atoms with Crippen LogP contribution in [0.4, 0.5) is 24.5 Å². The lowest BCUT2D eigenvalue weighted by molar-refractivity contribution is -0.384. The fourth-order valence-electron chi connectivity index (χ4n) is 2.50. The molecule has 0 spiro atoms. The number of aliphatic imine (C=N–C) groups is 1. The Hall–Kier alpha value is -3.87. The van der Waals surface area contributed by atoms with Crippen molar-refractivity contribution in [3.63, 3.8) is 0 Å². The number of benzene rings is 2. The van der Waals surface area contributed by atoms with Crippen molar-refractivity contribution in [2.24, 2.45) is 4.99 Å². The van der Waals surface area contributed by atoms with Gasteiger partial charge in [-0.1, -0.05) is 11.3 Å². The number of hydrogen-bond donors (Lipinski definition) is 1. The van der Waals surface area contributed by atoms with Crippen molar-refractivity contribution in [2.75, 3.05) is 0 Å². The molecule has 0 saturated carbocycles. The van der Waals surface area contributed by atoms with Gasteiger partial charge in [0.25, 0.3) is 11.5 Å².